The number of nitro groups is 1. The van der Waals surface area contributed by atoms with Crippen molar-refractivity contribution in [1.29, 1.82) is 0 Å². The molecule has 2 aromatic carbocycles. The topological polar surface area (TPSA) is 52.4 Å². The molecule has 0 heterocycles. The zero-order valence-electron chi connectivity index (χ0n) is 9.27. The van der Waals surface area contributed by atoms with Crippen molar-refractivity contribution < 1.29 is 18.4 Å². The first-order valence-electron chi connectivity index (χ1n) is 5.04. The van der Waals surface area contributed by atoms with E-state index in [-0.39, 0.29) is 5.75 Å². The Bertz CT molecular complexity index is 608. The Hall–Kier alpha value is -1.77. The largest absolute Gasteiger partial charge is 0.451 e. The van der Waals surface area contributed by atoms with E-state index in [1.165, 1.54) is 0 Å². The maximum Gasteiger partial charge on any atom is 0.275 e. The fraction of sp³-hybridized carbons (Fsp3) is 0. The highest BCUT2D eigenvalue weighted by Gasteiger charge is 2.18. The summed E-state index contributed by atoms with van der Waals surface area (Å²) in [5.74, 6) is -2.66. The van der Waals surface area contributed by atoms with Gasteiger partial charge in [-0.3, -0.25) is 10.1 Å². The van der Waals surface area contributed by atoms with Gasteiger partial charge in [0.25, 0.3) is 5.69 Å². The van der Waals surface area contributed by atoms with E-state index in [9.17, 15) is 18.9 Å². The Labute approximate surface area is 120 Å². The van der Waals surface area contributed by atoms with Crippen molar-refractivity contribution in [3.05, 3.63) is 61.7 Å². The van der Waals surface area contributed by atoms with E-state index < -0.39 is 28.0 Å². The standard InChI is InChI=1S/C12H6F2INO3/c13-10-5-8(16(17)18)6-11(14)12(10)19-9-3-1-7(15)2-4-9/h1-6H. The molecule has 0 atom stereocenters. The molecule has 0 aliphatic heterocycles. The number of nitrogens with zero attached hydrogens (tertiary/aromatic N) is 1. The Morgan fingerprint density at radius 3 is 2.11 bits per heavy atom. The van der Waals surface area contributed by atoms with Crippen LogP contribution in [0, 0.1) is 25.3 Å². The molecule has 0 saturated carbocycles. The minimum Gasteiger partial charge on any atom is -0.451 e. The smallest absolute Gasteiger partial charge is 0.275 e. The summed E-state index contributed by atoms with van der Waals surface area (Å²) in [6.07, 6.45) is 0. The van der Waals surface area contributed by atoms with Crippen molar-refractivity contribution >= 4 is 28.3 Å². The fourth-order valence-electron chi connectivity index (χ4n) is 1.37. The number of nitro benzene ring substituents is 1. The summed E-state index contributed by atoms with van der Waals surface area (Å²) in [5, 5.41) is 10.4. The number of hydrogen-bond donors (Lipinski definition) is 0. The summed E-state index contributed by atoms with van der Waals surface area (Å²) in [5.41, 5.74) is -0.662. The van der Waals surface area contributed by atoms with Crippen LogP contribution in [0.1, 0.15) is 0 Å². The van der Waals surface area contributed by atoms with Crippen molar-refractivity contribution in [2.75, 3.05) is 0 Å². The third kappa shape index (κ3) is 3.16. The highest BCUT2D eigenvalue weighted by molar-refractivity contribution is 14.1. The predicted molar refractivity (Wildman–Crippen MR) is 72.2 cm³/mol. The molecule has 0 unspecified atom stereocenters. The quantitative estimate of drug-likeness (QED) is 0.456. The van der Waals surface area contributed by atoms with Crippen LogP contribution in [-0.2, 0) is 0 Å². The number of hydrogen-bond acceptors (Lipinski definition) is 3. The van der Waals surface area contributed by atoms with Crippen LogP contribution < -0.4 is 4.74 Å². The van der Waals surface area contributed by atoms with Gasteiger partial charge >= 0.3 is 0 Å². The van der Waals surface area contributed by atoms with Crippen LogP contribution in [0.25, 0.3) is 0 Å². The van der Waals surface area contributed by atoms with E-state index in [0.29, 0.717) is 12.1 Å². The number of non-ortho nitro benzene ring substituents is 1. The maximum absolute atomic E-state index is 13.6. The van der Waals surface area contributed by atoms with Gasteiger partial charge in [0.1, 0.15) is 5.75 Å². The lowest BCUT2D eigenvalue weighted by atomic mass is 10.2. The summed E-state index contributed by atoms with van der Waals surface area (Å²) in [6.45, 7) is 0. The van der Waals surface area contributed by atoms with Crippen molar-refractivity contribution in [3.63, 3.8) is 0 Å². The van der Waals surface area contributed by atoms with Crippen molar-refractivity contribution in [1.82, 2.24) is 0 Å². The predicted octanol–water partition coefficient (Wildman–Crippen LogP) is 4.27. The van der Waals surface area contributed by atoms with Crippen LogP contribution in [-0.4, -0.2) is 4.92 Å². The average Bonchev–Trinajstić information content (AvgIpc) is 2.35. The number of halogens is 3. The van der Waals surface area contributed by atoms with Crippen LogP contribution in [0.15, 0.2) is 36.4 Å². The molecule has 0 saturated heterocycles. The van der Waals surface area contributed by atoms with Crippen molar-refractivity contribution in [2.45, 2.75) is 0 Å². The molecule has 0 spiro atoms. The van der Waals surface area contributed by atoms with E-state index in [2.05, 4.69) is 22.6 Å². The lowest BCUT2D eigenvalue weighted by Gasteiger charge is -2.07. The minimum atomic E-state index is -1.12. The second kappa shape index (κ2) is 5.47. The van der Waals surface area contributed by atoms with Gasteiger partial charge in [-0.1, -0.05) is 0 Å². The van der Waals surface area contributed by atoms with E-state index >= 15 is 0 Å². The summed E-state index contributed by atoms with van der Waals surface area (Å²) >= 11 is 2.07. The van der Waals surface area contributed by atoms with Crippen LogP contribution in [0.3, 0.4) is 0 Å². The van der Waals surface area contributed by atoms with Crippen LogP contribution >= 0.6 is 22.6 Å². The summed E-state index contributed by atoms with van der Waals surface area (Å²) in [4.78, 5) is 9.57. The molecule has 0 N–H and O–H groups in total. The van der Waals surface area contributed by atoms with Gasteiger partial charge in [-0.15, -0.1) is 0 Å². The van der Waals surface area contributed by atoms with Gasteiger partial charge in [0.2, 0.25) is 0 Å². The van der Waals surface area contributed by atoms with Gasteiger partial charge in [-0.05, 0) is 46.9 Å². The lowest BCUT2D eigenvalue weighted by molar-refractivity contribution is -0.385. The van der Waals surface area contributed by atoms with Gasteiger partial charge < -0.3 is 4.74 Å². The molecule has 0 radical (unpaired) electrons. The zero-order valence-corrected chi connectivity index (χ0v) is 11.4. The monoisotopic (exact) mass is 377 g/mol. The molecule has 0 aliphatic rings. The van der Waals surface area contributed by atoms with Gasteiger partial charge in [-0.2, -0.15) is 0 Å². The first kappa shape index (κ1) is 13.7. The average molecular weight is 377 g/mol. The minimum absolute atomic E-state index is 0.243. The lowest BCUT2D eigenvalue weighted by Crippen LogP contribution is -1.96. The Kier molecular flexibility index (Phi) is 3.93. The first-order chi connectivity index (χ1) is 8.97. The summed E-state index contributed by atoms with van der Waals surface area (Å²) < 4.78 is 33.1. The Morgan fingerprint density at radius 2 is 1.63 bits per heavy atom. The molecule has 4 nitrogen and oxygen atoms in total. The highest BCUT2D eigenvalue weighted by Crippen LogP contribution is 2.31. The summed E-state index contributed by atoms with van der Waals surface area (Å²) in [6, 6.07) is 7.73. The molecular formula is C12H6F2INO3. The number of benzene rings is 2. The zero-order chi connectivity index (χ0) is 14.0. The van der Waals surface area contributed by atoms with E-state index in [4.69, 9.17) is 4.74 Å². The van der Waals surface area contributed by atoms with Gasteiger partial charge in [0, 0.05) is 3.57 Å². The molecule has 7 heteroatoms. The molecule has 19 heavy (non-hydrogen) atoms. The van der Waals surface area contributed by atoms with E-state index in [1.807, 2.05) is 0 Å². The number of rotatable bonds is 3. The molecule has 2 aromatic rings. The van der Waals surface area contributed by atoms with Crippen LogP contribution in [0.4, 0.5) is 14.5 Å². The molecule has 2 rings (SSSR count). The highest BCUT2D eigenvalue weighted by atomic mass is 127. The first-order valence-corrected chi connectivity index (χ1v) is 6.12. The SMILES string of the molecule is O=[N+]([O-])c1cc(F)c(Oc2ccc(I)cc2)c(F)c1. The maximum atomic E-state index is 13.6. The van der Waals surface area contributed by atoms with Crippen LogP contribution in [0.5, 0.6) is 11.5 Å². The summed E-state index contributed by atoms with van der Waals surface area (Å²) in [7, 11) is 0. The Balaban J connectivity index is 2.35. The van der Waals surface area contributed by atoms with Gasteiger partial charge in [0.05, 0.1) is 17.1 Å². The normalized spacial score (nSPS) is 10.3. The Morgan fingerprint density at radius 1 is 1.11 bits per heavy atom. The molecule has 0 aliphatic carbocycles. The van der Waals surface area contributed by atoms with E-state index in [0.717, 1.165) is 3.57 Å². The fourth-order valence-corrected chi connectivity index (χ4v) is 1.73. The number of ether oxygens (including phenoxy) is 1. The second-order valence-corrected chi connectivity index (χ2v) is 4.80. The second-order valence-electron chi connectivity index (χ2n) is 3.55. The molecule has 0 fully saturated rings. The van der Waals surface area contributed by atoms with Crippen molar-refractivity contribution in [3.8, 4) is 11.5 Å². The third-order valence-corrected chi connectivity index (χ3v) is 2.95. The molecule has 0 amide bonds. The third-order valence-electron chi connectivity index (χ3n) is 2.23. The van der Waals surface area contributed by atoms with Gasteiger partial charge in [0.15, 0.2) is 17.4 Å². The van der Waals surface area contributed by atoms with E-state index in [1.54, 1.807) is 24.3 Å². The molecule has 0 bridgehead atoms. The molecular weight excluding hydrogens is 371 g/mol. The van der Waals surface area contributed by atoms with Crippen LogP contribution in [0.2, 0.25) is 0 Å². The molecule has 98 valence electrons. The van der Waals surface area contributed by atoms with Crippen molar-refractivity contribution in [2.24, 2.45) is 0 Å². The van der Waals surface area contributed by atoms with Gasteiger partial charge in [-0.25, -0.2) is 8.78 Å². The molecule has 0 aromatic heterocycles.